The van der Waals surface area contributed by atoms with Gasteiger partial charge in [0.05, 0.1) is 11.2 Å². The van der Waals surface area contributed by atoms with Gasteiger partial charge in [0.25, 0.3) is 5.91 Å². The molecule has 4 rings (SSSR count). The molecule has 1 fully saturated rings. The first-order valence-electron chi connectivity index (χ1n) is 9.98. The quantitative estimate of drug-likeness (QED) is 0.564. The number of para-hydroxylation sites is 1. The average molecular weight is 425 g/mol. The topological polar surface area (TPSA) is 78.1 Å². The van der Waals surface area contributed by atoms with Gasteiger partial charge in [-0.15, -0.1) is 12.4 Å². The Labute approximate surface area is 181 Å². The number of H-pyrrole nitrogens is 1. The maximum absolute atomic E-state index is 12.3. The monoisotopic (exact) mass is 424 g/mol. The van der Waals surface area contributed by atoms with Crippen LogP contribution in [0.4, 0.5) is 0 Å². The first kappa shape index (κ1) is 21.6. The third-order valence-electron chi connectivity index (χ3n) is 5.17. The summed E-state index contributed by atoms with van der Waals surface area (Å²) in [4.78, 5) is 25.7. The minimum atomic E-state index is -0.0911. The van der Waals surface area contributed by atoms with Crippen molar-refractivity contribution in [3.8, 4) is 0 Å². The fourth-order valence-corrected chi connectivity index (χ4v) is 3.55. The lowest BCUT2D eigenvalue weighted by atomic mass is 10.1. The summed E-state index contributed by atoms with van der Waals surface area (Å²) in [7, 11) is 0. The van der Waals surface area contributed by atoms with E-state index in [2.05, 4.69) is 15.5 Å². The summed E-state index contributed by atoms with van der Waals surface area (Å²) in [6, 6.07) is 15.5. The molecule has 0 bridgehead atoms. The van der Waals surface area contributed by atoms with Crippen LogP contribution in [0.1, 0.15) is 40.9 Å². The van der Waals surface area contributed by atoms with Crippen molar-refractivity contribution in [1.82, 2.24) is 20.4 Å². The molecule has 7 heteroatoms. The van der Waals surface area contributed by atoms with E-state index in [0.717, 1.165) is 41.5 Å². The number of fused-ring (bicyclic) bond motifs is 1. The molecule has 2 heterocycles. The van der Waals surface area contributed by atoms with Crippen molar-refractivity contribution >= 4 is 47.3 Å². The lowest BCUT2D eigenvalue weighted by Crippen LogP contribution is -2.30. The number of hydrogen-bond acceptors (Lipinski definition) is 3. The van der Waals surface area contributed by atoms with Crippen LogP contribution in [-0.2, 0) is 4.79 Å². The normalized spacial score (nSPS) is 13.7. The van der Waals surface area contributed by atoms with Crippen LogP contribution in [-0.4, -0.2) is 46.5 Å². The van der Waals surface area contributed by atoms with Gasteiger partial charge in [-0.1, -0.05) is 36.4 Å². The molecule has 30 heavy (non-hydrogen) atoms. The Hall–Kier alpha value is -3.12. The van der Waals surface area contributed by atoms with Crippen molar-refractivity contribution in [1.29, 1.82) is 0 Å². The van der Waals surface area contributed by atoms with E-state index in [9.17, 15) is 9.59 Å². The van der Waals surface area contributed by atoms with E-state index in [1.54, 1.807) is 0 Å². The third-order valence-corrected chi connectivity index (χ3v) is 5.17. The number of likely N-dealkylation sites (tertiary alicyclic amines) is 1. The van der Waals surface area contributed by atoms with Crippen LogP contribution in [0.25, 0.3) is 23.1 Å². The Kier molecular flexibility index (Phi) is 7.25. The standard InChI is InChI=1S/C23H24N4O2.ClH/c28-22-7-3-15-27(22)16-4-14-24-23(29)18-11-8-17(9-12-18)10-13-21-19-5-1-2-6-20(19)25-26-21;/h1-2,5-6,8-13H,3-4,7,14-16H2,(H,24,29)(H,25,26);1H/b13-10+;. The summed E-state index contributed by atoms with van der Waals surface area (Å²) in [5, 5.41) is 11.3. The number of aromatic nitrogens is 2. The maximum atomic E-state index is 12.3. The zero-order valence-electron chi connectivity index (χ0n) is 16.6. The fraction of sp³-hybridized carbons (Fsp3) is 0.261. The SMILES string of the molecule is Cl.O=C(NCCCN1CCCC1=O)c1ccc(/C=C/c2n[nH]c3ccccc23)cc1. The van der Waals surface area contributed by atoms with Gasteiger partial charge in [-0.3, -0.25) is 14.7 Å². The molecule has 0 radical (unpaired) electrons. The number of amides is 2. The summed E-state index contributed by atoms with van der Waals surface area (Å²) in [6.07, 6.45) is 6.33. The van der Waals surface area contributed by atoms with Crippen molar-refractivity contribution in [3.05, 3.63) is 65.4 Å². The molecule has 2 aromatic carbocycles. The largest absolute Gasteiger partial charge is 0.352 e. The first-order chi connectivity index (χ1) is 14.2. The van der Waals surface area contributed by atoms with Gasteiger partial charge < -0.3 is 10.2 Å². The van der Waals surface area contributed by atoms with E-state index in [1.807, 2.05) is 65.6 Å². The minimum Gasteiger partial charge on any atom is -0.352 e. The van der Waals surface area contributed by atoms with Gasteiger partial charge >= 0.3 is 0 Å². The fourth-order valence-electron chi connectivity index (χ4n) is 3.55. The molecule has 156 valence electrons. The van der Waals surface area contributed by atoms with E-state index in [-0.39, 0.29) is 24.2 Å². The second-order valence-corrected chi connectivity index (χ2v) is 7.20. The van der Waals surface area contributed by atoms with E-state index < -0.39 is 0 Å². The third kappa shape index (κ3) is 5.07. The van der Waals surface area contributed by atoms with Crippen molar-refractivity contribution in [3.63, 3.8) is 0 Å². The van der Waals surface area contributed by atoms with E-state index in [4.69, 9.17) is 0 Å². The first-order valence-corrected chi connectivity index (χ1v) is 9.98. The molecule has 0 spiro atoms. The van der Waals surface area contributed by atoms with Gasteiger partial charge in [-0.25, -0.2) is 0 Å². The second kappa shape index (κ2) is 10.1. The molecule has 0 atom stereocenters. The van der Waals surface area contributed by atoms with Crippen molar-refractivity contribution in [2.24, 2.45) is 0 Å². The summed E-state index contributed by atoms with van der Waals surface area (Å²) in [6.45, 7) is 2.12. The smallest absolute Gasteiger partial charge is 0.251 e. The van der Waals surface area contributed by atoms with Crippen LogP contribution in [0, 0.1) is 0 Å². The highest BCUT2D eigenvalue weighted by Gasteiger charge is 2.19. The molecule has 3 aromatic rings. The average Bonchev–Trinajstić information content (AvgIpc) is 3.36. The lowest BCUT2D eigenvalue weighted by molar-refractivity contribution is -0.127. The number of carbonyl (C=O) groups excluding carboxylic acids is 2. The van der Waals surface area contributed by atoms with Gasteiger partial charge in [0, 0.05) is 37.0 Å². The van der Waals surface area contributed by atoms with Crippen LogP contribution in [0.3, 0.4) is 0 Å². The highest BCUT2D eigenvalue weighted by molar-refractivity contribution is 5.94. The predicted molar refractivity (Wildman–Crippen MR) is 121 cm³/mol. The molecule has 0 saturated carbocycles. The summed E-state index contributed by atoms with van der Waals surface area (Å²) < 4.78 is 0. The minimum absolute atomic E-state index is 0. The van der Waals surface area contributed by atoms with E-state index in [1.165, 1.54) is 0 Å². The molecular weight excluding hydrogens is 400 g/mol. The number of nitrogens with zero attached hydrogens (tertiary/aromatic N) is 2. The highest BCUT2D eigenvalue weighted by atomic mass is 35.5. The van der Waals surface area contributed by atoms with Crippen molar-refractivity contribution in [2.75, 3.05) is 19.6 Å². The molecule has 1 aliphatic rings. The zero-order valence-corrected chi connectivity index (χ0v) is 17.5. The molecule has 0 unspecified atom stereocenters. The van der Waals surface area contributed by atoms with Crippen LogP contribution >= 0.6 is 12.4 Å². The molecule has 2 N–H and O–H groups in total. The lowest BCUT2D eigenvalue weighted by Gasteiger charge is -2.15. The van der Waals surface area contributed by atoms with Crippen LogP contribution in [0.5, 0.6) is 0 Å². The van der Waals surface area contributed by atoms with Gasteiger partial charge in [-0.05, 0) is 42.7 Å². The van der Waals surface area contributed by atoms with Crippen molar-refractivity contribution in [2.45, 2.75) is 19.3 Å². The van der Waals surface area contributed by atoms with Gasteiger partial charge in [0.1, 0.15) is 0 Å². The van der Waals surface area contributed by atoms with Crippen molar-refractivity contribution < 1.29 is 9.59 Å². The number of rotatable bonds is 7. The Morgan fingerprint density at radius 2 is 1.93 bits per heavy atom. The molecule has 2 amide bonds. The number of nitrogens with one attached hydrogen (secondary N) is 2. The number of carbonyl (C=O) groups is 2. The summed E-state index contributed by atoms with van der Waals surface area (Å²) in [5.74, 6) is 0.134. The van der Waals surface area contributed by atoms with Crippen LogP contribution < -0.4 is 5.32 Å². The Morgan fingerprint density at radius 1 is 1.13 bits per heavy atom. The van der Waals surface area contributed by atoms with Gasteiger partial charge in [-0.2, -0.15) is 5.10 Å². The second-order valence-electron chi connectivity index (χ2n) is 7.20. The molecule has 1 aliphatic heterocycles. The van der Waals surface area contributed by atoms with E-state index in [0.29, 0.717) is 25.1 Å². The van der Waals surface area contributed by atoms with E-state index >= 15 is 0 Å². The molecule has 6 nitrogen and oxygen atoms in total. The van der Waals surface area contributed by atoms with Gasteiger partial charge in [0.2, 0.25) is 5.91 Å². The summed E-state index contributed by atoms with van der Waals surface area (Å²) in [5.41, 5.74) is 3.53. The Bertz CT molecular complexity index is 1040. The van der Waals surface area contributed by atoms with Gasteiger partial charge in [0.15, 0.2) is 0 Å². The van der Waals surface area contributed by atoms with Crippen LogP contribution in [0.15, 0.2) is 48.5 Å². The van der Waals surface area contributed by atoms with Crippen LogP contribution in [0.2, 0.25) is 0 Å². The maximum Gasteiger partial charge on any atom is 0.251 e. The molecule has 0 aliphatic carbocycles. The molecular formula is C23H25ClN4O2. The molecule has 1 aromatic heterocycles. The Morgan fingerprint density at radius 3 is 2.70 bits per heavy atom. The number of benzene rings is 2. The molecule has 1 saturated heterocycles. The number of aromatic amines is 1. The Balaban J connectivity index is 0.00000256. The number of hydrogen-bond donors (Lipinski definition) is 2. The predicted octanol–water partition coefficient (Wildman–Crippen LogP) is 3.90. The summed E-state index contributed by atoms with van der Waals surface area (Å²) >= 11 is 0. The number of halogens is 1. The highest BCUT2D eigenvalue weighted by Crippen LogP contribution is 2.17. The zero-order chi connectivity index (χ0) is 20.1.